The Morgan fingerprint density at radius 3 is 2.34 bits per heavy atom. The summed E-state index contributed by atoms with van der Waals surface area (Å²) in [6.45, 7) is 0. The fourth-order valence-electron chi connectivity index (χ4n) is 2.82. The van der Waals surface area contributed by atoms with Gasteiger partial charge in [0.05, 0.1) is 24.2 Å². The zero-order valence-electron chi connectivity index (χ0n) is 21.4. The van der Waals surface area contributed by atoms with Crippen LogP contribution in [0, 0.1) is 11.3 Å². The molecule has 9 nitrogen and oxygen atoms in total. The predicted molar refractivity (Wildman–Crippen MR) is 112 cm³/mol. The molecule has 164 valence electrons. The van der Waals surface area contributed by atoms with Gasteiger partial charge < -0.3 is 23.7 Å². The zero-order chi connectivity index (χ0) is 26.4. The molecule has 0 bridgehead atoms. The van der Waals surface area contributed by atoms with Gasteiger partial charge in [-0.25, -0.2) is 9.97 Å². The van der Waals surface area contributed by atoms with Crippen LogP contribution in [-0.2, 0) is 19.0 Å². The summed E-state index contributed by atoms with van der Waals surface area (Å²) in [4.78, 5) is 20.5. The smallest absolute Gasteiger partial charge is 0.318 e. The van der Waals surface area contributed by atoms with Crippen molar-refractivity contribution in [2.45, 2.75) is 12.2 Å². The molecule has 0 aliphatic carbocycles. The van der Waals surface area contributed by atoms with Gasteiger partial charge in [-0.3, -0.25) is 4.79 Å². The molecule has 0 amide bonds. The molecule has 0 fully saturated rings. The Morgan fingerprint density at radius 1 is 1.03 bits per heavy atom. The molecule has 3 aromatic rings. The topological polar surface area (TPSA) is 113 Å². The molecule has 1 unspecified atom stereocenters. The number of hydrogen-bond acceptors (Lipinski definition) is 9. The molecule has 1 aromatic heterocycles. The van der Waals surface area contributed by atoms with Crippen LogP contribution in [0.15, 0.2) is 60.8 Å². The largest absolute Gasteiger partial charge is 0.468 e. The van der Waals surface area contributed by atoms with Crippen molar-refractivity contribution in [2.75, 3.05) is 21.3 Å². The van der Waals surface area contributed by atoms with Gasteiger partial charge >= 0.3 is 5.97 Å². The quantitative estimate of drug-likeness (QED) is 0.363. The Hall–Kier alpha value is -4.00. The molecule has 0 radical (unpaired) electrons. The van der Waals surface area contributed by atoms with E-state index in [1.807, 2.05) is 0 Å². The Labute approximate surface area is 190 Å². The molecule has 0 aliphatic rings. The van der Waals surface area contributed by atoms with Crippen molar-refractivity contribution in [1.29, 1.82) is 5.26 Å². The molecule has 2 aromatic carbocycles. The van der Waals surface area contributed by atoms with Gasteiger partial charge in [-0.15, -0.1) is 0 Å². The minimum Gasteiger partial charge on any atom is -0.468 e. The third-order valence-corrected chi connectivity index (χ3v) is 4.25. The number of rotatable bonds is 9. The number of hydrogen-bond donors (Lipinski definition) is 0. The number of ether oxygens (including phenoxy) is 5. The van der Waals surface area contributed by atoms with E-state index in [0.29, 0.717) is 5.56 Å². The van der Waals surface area contributed by atoms with E-state index in [1.54, 1.807) is 30.3 Å². The van der Waals surface area contributed by atoms with Crippen LogP contribution in [0.2, 0.25) is 0 Å². The average molecular weight is 439 g/mol. The number of carbonyl (C=O) groups excluding carboxylic acids is 1. The number of esters is 1. The first-order valence-corrected chi connectivity index (χ1v) is 9.17. The van der Waals surface area contributed by atoms with Crippen LogP contribution in [0.3, 0.4) is 0 Å². The highest BCUT2D eigenvalue weighted by molar-refractivity contribution is 5.79. The minimum atomic E-state index is -0.989. The molecule has 0 aliphatic heterocycles. The normalized spacial score (nSPS) is 13.2. The van der Waals surface area contributed by atoms with Crippen LogP contribution in [0.25, 0.3) is 0 Å². The molecular weight excluding hydrogens is 414 g/mol. The predicted octanol–water partition coefficient (Wildman–Crippen LogP) is 3.81. The fraction of sp³-hybridized carbons (Fsp3) is 0.217. The minimum absolute atomic E-state index is 0.0122. The van der Waals surface area contributed by atoms with Crippen molar-refractivity contribution in [2.24, 2.45) is 0 Å². The lowest BCUT2D eigenvalue weighted by Crippen LogP contribution is -2.30. The molecule has 3 rings (SSSR count). The SMILES string of the molecule is [2H]c1c([2H])c([2H])c(Oc2cc(Oc3ccccc3C(C(=O)OC)C(OC)OC)ncn2)c(C#N)c1[2H]. The van der Waals surface area contributed by atoms with Gasteiger partial charge in [0, 0.05) is 19.8 Å². The van der Waals surface area contributed by atoms with E-state index in [2.05, 4.69) is 9.97 Å². The lowest BCUT2D eigenvalue weighted by Gasteiger charge is -2.24. The first-order valence-electron chi connectivity index (χ1n) is 11.2. The monoisotopic (exact) mass is 439 g/mol. The Bertz CT molecular complexity index is 1310. The molecule has 0 spiro atoms. The first-order chi connectivity index (χ1) is 17.3. The summed E-state index contributed by atoms with van der Waals surface area (Å²) < 4.78 is 58.4. The maximum atomic E-state index is 12.5. The molecule has 0 N–H and O–H groups in total. The number of para-hydroxylation sites is 2. The number of nitriles is 1. The number of carbonyl (C=O) groups is 1. The van der Waals surface area contributed by atoms with Gasteiger partial charge in [0.15, 0.2) is 6.29 Å². The highest BCUT2D eigenvalue weighted by atomic mass is 16.7. The second kappa shape index (κ2) is 10.9. The van der Waals surface area contributed by atoms with Crippen molar-refractivity contribution in [3.8, 4) is 29.3 Å². The summed E-state index contributed by atoms with van der Waals surface area (Å²) in [5, 5.41) is 9.41. The zero-order valence-corrected chi connectivity index (χ0v) is 17.4. The lowest BCUT2D eigenvalue weighted by molar-refractivity contribution is -0.163. The van der Waals surface area contributed by atoms with Crippen LogP contribution in [0.5, 0.6) is 23.3 Å². The van der Waals surface area contributed by atoms with Crippen molar-refractivity contribution in [3.05, 3.63) is 72.0 Å². The standard InChI is InChI=1S/C23H21N3O6/c1-28-22(27)21(23(29-2)30-3)16-9-5-7-11-18(16)32-20-12-19(25-14-26-20)31-17-10-6-4-8-15(17)13-24/h4-12,14,21,23H,1-3H3/i4D,6D,8D,10D. The second-order valence-corrected chi connectivity index (χ2v) is 6.09. The highest BCUT2D eigenvalue weighted by Gasteiger charge is 2.34. The van der Waals surface area contributed by atoms with Gasteiger partial charge in [0.1, 0.15) is 29.8 Å². The van der Waals surface area contributed by atoms with Gasteiger partial charge in [-0.05, 0) is 18.2 Å². The van der Waals surface area contributed by atoms with E-state index >= 15 is 0 Å². The lowest BCUT2D eigenvalue weighted by atomic mass is 9.97. The van der Waals surface area contributed by atoms with E-state index in [4.69, 9.17) is 29.2 Å². The van der Waals surface area contributed by atoms with E-state index in [0.717, 1.165) is 6.33 Å². The van der Waals surface area contributed by atoms with E-state index in [-0.39, 0.29) is 28.8 Å². The molecule has 0 saturated carbocycles. The fourth-order valence-corrected chi connectivity index (χ4v) is 2.82. The van der Waals surface area contributed by atoms with E-state index in [9.17, 15) is 10.1 Å². The number of nitrogens with zero attached hydrogens (tertiary/aromatic N) is 3. The maximum absolute atomic E-state index is 12.5. The van der Waals surface area contributed by atoms with Crippen LogP contribution in [-0.4, -0.2) is 43.6 Å². The molecule has 32 heavy (non-hydrogen) atoms. The summed E-state index contributed by atoms with van der Waals surface area (Å²) in [7, 11) is 4.01. The summed E-state index contributed by atoms with van der Waals surface area (Å²) in [5.41, 5.74) is 0.0154. The van der Waals surface area contributed by atoms with Crippen LogP contribution in [0.4, 0.5) is 0 Å². The Kier molecular flexibility index (Phi) is 5.99. The van der Waals surface area contributed by atoms with Crippen molar-refractivity contribution < 1.29 is 34.0 Å². The molecule has 0 saturated heterocycles. The number of methoxy groups -OCH3 is 3. The highest BCUT2D eigenvalue weighted by Crippen LogP contribution is 2.34. The summed E-state index contributed by atoms with van der Waals surface area (Å²) >= 11 is 0. The van der Waals surface area contributed by atoms with Crippen LogP contribution in [0.1, 0.15) is 22.5 Å². The second-order valence-electron chi connectivity index (χ2n) is 6.09. The van der Waals surface area contributed by atoms with Crippen molar-refractivity contribution in [3.63, 3.8) is 0 Å². The molecule has 1 atom stereocenters. The third kappa shape index (κ3) is 5.18. The average Bonchev–Trinajstić information content (AvgIpc) is 2.89. The van der Waals surface area contributed by atoms with E-state index in [1.165, 1.54) is 27.4 Å². The Balaban J connectivity index is 1.98. The van der Waals surface area contributed by atoms with Gasteiger partial charge in [-0.1, -0.05) is 30.3 Å². The first kappa shape index (κ1) is 17.7. The number of benzene rings is 2. The van der Waals surface area contributed by atoms with E-state index < -0.39 is 42.3 Å². The third-order valence-electron chi connectivity index (χ3n) is 4.25. The van der Waals surface area contributed by atoms with Crippen LogP contribution >= 0.6 is 0 Å². The van der Waals surface area contributed by atoms with Crippen molar-refractivity contribution >= 4 is 5.97 Å². The number of aromatic nitrogens is 2. The van der Waals surface area contributed by atoms with Gasteiger partial charge in [0.2, 0.25) is 11.8 Å². The molecular formula is C23H21N3O6. The maximum Gasteiger partial charge on any atom is 0.318 e. The molecule has 9 heteroatoms. The van der Waals surface area contributed by atoms with Gasteiger partial charge in [0.25, 0.3) is 0 Å². The van der Waals surface area contributed by atoms with Gasteiger partial charge in [-0.2, -0.15) is 5.26 Å². The summed E-state index contributed by atoms with van der Waals surface area (Å²) in [5.74, 6) is -1.92. The van der Waals surface area contributed by atoms with Crippen LogP contribution < -0.4 is 9.47 Å². The summed E-state index contributed by atoms with van der Waals surface area (Å²) in [6, 6.07) is 7.41. The van der Waals surface area contributed by atoms with Crippen molar-refractivity contribution in [1.82, 2.24) is 9.97 Å². The molecule has 1 heterocycles. The Morgan fingerprint density at radius 2 is 1.69 bits per heavy atom. The summed E-state index contributed by atoms with van der Waals surface area (Å²) in [6.07, 6.45) is 0.139.